The van der Waals surface area contributed by atoms with Crippen LogP contribution in [0.15, 0.2) is 24.4 Å². The number of carbonyl (C=O) groups is 1. The summed E-state index contributed by atoms with van der Waals surface area (Å²) in [6, 6.07) is 4.73. The molecule has 0 aliphatic rings. The highest BCUT2D eigenvalue weighted by Gasteiger charge is 2.11. The molecular weight excluding hydrogens is 295 g/mol. The first-order valence-corrected chi connectivity index (χ1v) is 6.02. The predicted molar refractivity (Wildman–Crippen MR) is 74.5 cm³/mol. The lowest BCUT2D eigenvalue weighted by Gasteiger charge is -2.08. The van der Waals surface area contributed by atoms with E-state index < -0.39 is 0 Å². The molecule has 6 heteroatoms. The third-order valence-corrected chi connectivity index (χ3v) is 3.58. The van der Waals surface area contributed by atoms with E-state index in [9.17, 15) is 4.79 Å². The molecular formula is C12H7Cl3N2O. The summed E-state index contributed by atoms with van der Waals surface area (Å²) in [5.74, 6) is 0.270. The molecule has 2 N–H and O–H groups in total. The molecule has 0 saturated heterocycles. The van der Waals surface area contributed by atoms with Crippen LogP contribution >= 0.6 is 34.8 Å². The van der Waals surface area contributed by atoms with Crippen molar-refractivity contribution in [2.75, 3.05) is 5.73 Å². The number of anilines is 1. The normalized spacial score (nSPS) is 10.4. The van der Waals surface area contributed by atoms with Gasteiger partial charge in [-0.25, -0.2) is 4.98 Å². The van der Waals surface area contributed by atoms with Gasteiger partial charge in [-0.2, -0.15) is 0 Å². The van der Waals surface area contributed by atoms with Gasteiger partial charge in [0, 0.05) is 17.3 Å². The quantitative estimate of drug-likeness (QED) is 0.671. The largest absolute Gasteiger partial charge is 0.384 e. The van der Waals surface area contributed by atoms with Crippen molar-refractivity contribution in [3.8, 4) is 11.1 Å². The maximum atomic E-state index is 11.0. The van der Waals surface area contributed by atoms with Crippen LogP contribution in [-0.4, -0.2) is 11.3 Å². The lowest BCUT2D eigenvalue weighted by atomic mass is 10.0. The van der Waals surface area contributed by atoms with Crippen molar-refractivity contribution in [1.82, 2.24) is 4.98 Å². The van der Waals surface area contributed by atoms with Crippen molar-refractivity contribution in [1.29, 1.82) is 0 Å². The molecule has 1 heterocycles. The maximum Gasteiger partial charge on any atom is 0.150 e. The Morgan fingerprint density at radius 2 is 1.72 bits per heavy atom. The van der Waals surface area contributed by atoms with Crippen LogP contribution in [0.3, 0.4) is 0 Å². The Balaban J connectivity index is 2.65. The highest BCUT2D eigenvalue weighted by Crippen LogP contribution is 2.35. The van der Waals surface area contributed by atoms with Gasteiger partial charge in [0.25, 0.3) is 0 Å². The first-order valence-electron chi connectivity index (χ1n) is 4.88. The van der Waals surface area contributed by atoms with E-state index in [-0.39, 0.29) is 10.8 Å². The van der Waals surface area contributed by atoms with Crippen molar-refractivity contribution >= 4 is 46.9 Å². The molecule has 0 atom stereocenters. The predicted octanol–water partition coefficient (Wildman–Crippen LogP) is 4.10. The molecule has 0 radical (unpaired) electrons. The Bertz CT molecular complexity index is 606. The van der Waals surface area contributed by atoms with Crippen molar-refractivity contribution in [2.24, 2.45) is 0 Å². The molecule has 0 saturated carbocycles. The van der Waals surface area contributed by atoms with Gasteiger partial charge < -0.3 is 5.73 Å². The van der Waals surface area contributed by atoms with Crippen LogP contribution in [0.25, 0.3) is 11.1 Å². The molecule has 3 nitrogen and oxygen atoms in total. The molecule has 2 rings (SSSR count). The third kappa shape index (κ3) is 2.43. The highest BCUT2D eigenvalue weighted by molar-refractivity contribution is 6.48. The van der Waals surface area contributed by atoms with Crippen LogP contribution in [0.2, 0.25) is 15.1 Å². The molecule has 92 valence electrons. The highest BCUT2D eigenvalue weighted by atomic mass is 35.5. The zero-order valence-electron chi connectivity index (χ0n) is 8.95. The average Bonchev–Trinajstić information content (AvgIpc) is 2.35. The zero-order valence-corrected chi connectivity index (χ0v) is 11.2. The van der Waals surface area contributed by atoms with Crippen molar-refractivity contribution in [3.63, 3.8) is 0 Å². The number of hydrogen-bond donors (Lipinski definition) is 1. The molecule has 0 spiro atoms. The standard InChI is InChI=1S/C12H7Cl3N2O/c13-9-1-6(2-10(14)12(9)15)8-4-17-11(16)3-7(8)5-18/h1-5H,(H2,16,17). The topological polar surface area (TPSA) is 56.0 Å². The number of carbonyl (C=O) groups excluding carboxylic acids is 1. The molecule has 18 heavy (non-hydrogen) atoms. The zero-order chi connectivity index (χ0) is 13.3. The number of benzene rings is 1. The SMILES string of the molecule is Nc1cc(C=O)c(-c2cc(Cl)c(Cl)c(Cl)c2)cn1. The minimum atomic E-state index is 0.270. The molecule has 0 bridgehead atoms. The number of nitrogen functional groups attached to an aromatic ring is 1. The minimum absolute atomic E-state index is 0.270. The average molecular weight is 302 g/mol. The van der Waals surface area contributed by atoms with E-state index >= 15 is 0 Å². The van der Waals surface area contributed by atoms with Gasteiger partial charge in [-0.15, -0.1) is 0 Å². The van der Waals surface area contributed by atoms with E-state index in [0.717, 1.165) is 0 Å². The smallest absolute Gasteiger partial charge is 0.150 e. The number of rotatable bonds is 2. The fourth-order valence-electron chi connectivity index (χ4n) is 1.54. The summed E-state index contributed by atoms with van der Waals surface area (Å²) < 4.78 is 0. The number of pyridine rings is 1. The Morgan fingerprint density at radius 1 is 1.11 bits per heavy atom. The second-order valence-electron chi connectivity index (χ2n) is 3.57. The Kier molecular flexibility index (Phi) is 3.76. The third-order valence-electron chi connectivity index (χ3n) is 2.38. The number of nitrogens with zero attached hydrogens (tertiary/aromatic N) is 1. The van der Waals surface area contributed by atoms with E-state index in [4.69, 9.17) is 40.5 Å². The minimum Gasteiger partial charge on any atom is -0.384 e. The first kappa shape index (κ1) is 13.1. The number of halogens is 3. The molecule has 0 fully saturated rings. The molecule has 0 aliphatic heterocycles. The van der Waals surface area contributed by atoms with Crippen molar-refractivity contribution < 1.29 is 4.79 Å². The Hall–Kier alpha value is -1.29. The summed E-state index contributed by atoms with van der Waals surface area (Å²) >= 11 is 17.8. The van der Waals surface area contributed by atoms with E-state index in [2.05, 4.69) is 4.98 Å². The Morgan fingerprint density at radius 3 is 2.28 bits per heavy atom. The van der Waals surface area contributed by atoms with Crippen molar-refractivity contribution in [2.45, 2.75) is 0 Å². The van der Waals surface area contributed by atoms with Gasteiger partial charge in [-0.1, -0.05) is 34.8 Å². The van der Waals surface area contributed by atoms with Gasteiger partial charge in [0.1, 0.15) is 5.82 Å². The van der Waals surface area contributed by atoms with Gasteiger partial charge in [0.05, 0.1) is 15.1 Å². The molecule has 1 aromatic heterocycles. The summed E-state index contributed by atoms with van der Waals surface area (Å²) in [6.45, 7) is 0. The van der Waals surface area contributed by atoms with Gasteiger partial charge in [-0.3, -0.25) is 4.79 Å². The van der Waals surface area contributed by atoms with Crippen LogP contribution in [-0.2, 0) is 0 Å². The van der Waals surface area contributed by atoms with E-state index in [1.807, 2.05) is 0 Å². The summed E-state index contributed by atoms with van der Waals surface area (Å²) in [5, 5.41) is 0.902. The second-order valence-corrected chi connectivity index (χ2v) is 4.76. The first-order chi connectivity index (χ1) is 8.52. The van der Waals surface area contributed by atoms with Gasteiger partial charge in [0.2, 0.25) is 0 Å². The number of nitrogens with two attached hydrogens (primary N) is 1. The number of aldehydes is 1. The van der Waals surface area contributed by atoms with Crippen LogP contribution in [0, 0.1) is 0 Å². The number of aromatic nitrogens is 1. The van der Waals surface area contributed by atoms with Crippen LogP contribution in [0.4, 0.5) is 5.82 Å². The van der Waals surface area contributed by atoms with Gasteiger partial charge in [-0.05, 0) is 23.8 Å². The molecule has 2 aromatic rings. The lowest BCUT2D eigenvalue weighted by Crippen LogP contribution is -1.95. The summed E-state index contributed by atoms with van der Waals surface area (Å²) in [5.41, 5.74) is 7.19. The van der Waals surface area contributed by atoms with E-state index in [1.54, 1.807) is 12.1 Å². The van der Waals surface area contributed by atoms with Gasteiger partial charge >= 0.3 is 0 Å². The maximum absolute atomic E-state index is 11.0. The fourth-order valence-corrected chi connectivity index (χ4v) is 2.13. The molecule has 0 amide bonds. The van der Waals surface area contributed by atoms with E-state index in [0.29, 0.717) is 33.0 Å². The van der Waals surface area contributed by atoms with Gasteiger partial charge in [0.15, 0.2) is 6.29 Å². The number of hydrogen-bond acceptors (Lipinski definition) is 3. The van der Waals surface area contributed by atoms with Crippen LogP contribution in [0.1, 0.15) is 10.4 Å². The second kappa shape index (κ2) is 5.14. The lowest BCUT2D eigenvalue weighted by molar-refractivity contribution is 0.112. The summed E-state index contributed by atoms with van der Waals surface area (Å²) in [4.78, 5) is 15.0. The fraction of sp³-hybridized carbons (Fsp3) is 0. The molecule has 0 unspecified atom stereocenters. The monoisotopic (exact) mass is 300 g/mol. The Labute approximate surface area is 118 Å². The summed E-state index contributed by atoms with van der Waals surface area (Å²) in [6.07, 6.45) is 2.19. The van der Waals surface area contributed by atoms with Crippen LogP contribution in [0.5, 0.6) is 0 Å². The van der Waals surface area contributed by atoms with Crippen LogP contribution < -0.4 is 5.73 Å². The van der Waals surface area contributed by atoms with E-state index in [1.165, 1.54) is 12.3 Å². The molecule has 1 aromatic carbocycles. The summed E-state index contributed by atoms with van der Waals surface area (Å²) in [7, 11) is 0. The van der Waals surface area contributed by atoms with Crippen molar-refractivity contribution in [3.05, 3.63) is 45.0 Å². The molecule has 0 aliphatic carbocycles.